The number of aryl methyl sites for hydroxylation is 2. The Morgan fingerprint density at radius 1 is 1.10 bits per heavy atom. The van der Waals surface area contributed by atoms with Crippen molar-refractivity contribution in [3.05, 3.63) is 34.9 Å². The van der Waals surface area contributed by atoms with Gasteiger partial charge in [-0.05, 0) is 61.9 Å². The highest BCUT2D eigenvalue weighted by molar-refractivity contribution is 5.36. The summed E-state index contributed by atoms with van der Waals surface area (Å²) in [6.45, 7) is 12.2. The number of hydrogen-bond acceptors (Lipinski definition) is 2. The lowest BCUT2D eigenvalue weighted by molar-refractivity contribution is 0.0676. The van der Waals surface area contributed by atoms with Crippen molar-refractivity contribution in [1.82, 2.24) is 4.90 Å². The fourth-order valence-corrected chi connectivity index (χ4v) is 4.07. The van der Waals surface area contributed by atoms with Crippen LogP contribution in [0.1, 0.15) is 62.3 Å². The van der Waals surface area contributed by atoms with Crippen molar-refractivity contribution >= 4 is 0 Å². The van der Waals surface area contributed by atoms with Crippen molar-refractivity contribution in [3.8, 4) is 0 Å². The molecule has 1 aromatic rings. The van der Waals surface area contributed by atoms with Gasteiger partial charge >= 0.3 is 0 Å². The molecule has 2 rings (SSSR count). The molecule has 21 heavy (non-hydrogen) atoms. The van der Waals surface area contributed by atoms with E-state index in [4.69, 9.17) is 5.73 Å². The fourth-order valence-electron chi connectivity index (χ4n) is 4.07. The van der Waals surface area contributed by atoms with Crippen LogP contribution < -0.4 is 5.73 Å². The molecule has 1 aromatic carbocycles. The molecule has 1 saturated heterocycles. The van der Waals surface area contributed by atoms with E-state index in [1.165, 1.54) is 55.5 Å². The number of nitrogens with zero attached hydrogens (tertiary/aromatic N) is 1. The van der Waals surface area contributed by atoms with Gasteiger partial charge in [-0.25, -0.2) is 0 Å². The molecule has 1 atom stereocenters. The van der Waals surface area contributed by atoms with Gasteiger partial charge in [0.25, 0.3) is 0 Å². The Balaban J connectivity index is 2.17. The zero-order chi connectivity index (χ0) is 15.5. The van der Waals surface area contributed by atoms with Gasteiger partial charge in [-0.2, -0.15) is 0 Å². The molecule has 1 unspecified atom stereocenters. The average molecular weight is 288 g/mol. The number of piperidine rings is 1. The monoisotopic (exact) mass is 288 g/mol. The number of nitrogens with two attached hydrogens (primary N) is 1. The van der Waals surface area contributed by atoms with Crippen LogP contribution in [0.25, 0.3) is 0 Å². The minimum atomic E-state index is 0.387. The molecule has 0 spiro atoms. The summed E-state index contributed by atoms with van der Waals surface area (Å²) in [5.74, 6) is 0. The van der Waals surface area contributed by atoms with E-state index in [-0.39, 0.29) is 0 Å². The van der Waals surface area contributed by atoms with E-state index >= 15 is 0 Å². The first-order chi connectivity index (χ1) is 10.1. The summed E-state index contributed by atoms with van der Waals surface area (Å²) >= 11 is 0. The van der Waals surface area contributed by atoms with Crippen molar-refractivity contribution in [1.29, 1.82) is 0 Å². The van der Waals surface area contributed by atoms with Crippen LogP contribution in [0.4, 0.5) is 0 Å². The van der Waals surface area contributed by atoms with Crippen LogP contribution in [-0.4, -0.2) is 24.5 Å². The zero-order valence-corrected chi connectivity index (χ0v) is 14.3. The molecule has 2 heteroatoms. The number of likely N-dealkylation sites (tertiary alicyclic amines) is 1. The van der Waals surface area contributed by atoms with Crippen LogP contribution in [0.3, 0.4) is 0 Å². The summed E-state index contributed by atoms with van der Waals surface area (Å²) in [5, 5.41) is 0. The molecule has 1 heterocycles. The molecular weight excluding hydrogens is 256 g/mol. The highest BCUT2D eigenvalue weighted by Crippen LogP contribution is 2.40. The minimum absolute atomic E-state index is 0.387. The fraction of sp³-hybridized carbons (Fsp3) is 0.684. The average Bonchev–Trinajstić information content (AvgIpc) is 2.51. The Morgan fingerprint density at radius 2 is 1.62 bits per heavy atom. The second-order valence-corrected chi connectivity index (χ2v) is 6.80. The minimum Gasteiger partial charge on any atom is -0.329 e. The topological polar surface area (TPSA) is 29.3 Å². The molecule has 0 amide bonds. The maximum Gasteiger partial charge on any atom is 0.0475 e. The van der Waals surface area contributed by atoms with Gasteiger partial charge in [0.2, 0.25) is 0 Å². The van der Waals surface area contributed by atoms with Crippen molar-refractivity contribution < 1.29 is 0 Å². The van der Waals surface area contributed by atoms with E-state index in [0.29, 0.717) is 11.5 Å². The smallest absolute Gasteiger partial charge is 0.0475 e. The molecule has 0 saturated carbocycles. The van der Waals surface area contributed by atoms with E-state index in [1.54, 1.807) is 0 Å². The molecule has 1 aliphatic heterocycles. The Bertz CT molecular complexity index is 432. The van der Waals surface area contributed by atoms with Crippen LogP contribution >= 0.6 is 0 Å². The first-order valence-electron chi connectivity index (χ1n) is 8.57. The van der Waals surface area contributed by atoms with Crippen molar-refractivity contribution in [2.24, 2.45) is 11.1 Å². The lowest BCUT2D eigenvalue weighted by atomic mass is 9.73. The second kappa shape index (κ2) is 6.93. The maximum absolute atomic E-state index is 6.16. The van der Waals surface area contributed by atoms with Crippen LogP contribution in [-0.2, 0) is 0 Å². The van der Waals surface area contributed by atoms with Gasteiger partial charge in [0.15, 0.2) is 0 Å². The zero-order valence-electron chi connectivity index (χ0n) is 14.3. The van der Waals surface area contributed by atoms with Gasteiger partial charge in [0.05, 0.1) is 0 Å². The highest BCUT2D eigenvalue weighted by atomic mass is 15.2. The predicted octanol–water partition coefficient (Wildman–Crippen LogP) is 4.21. The Labute approximate surface area is 130 Å². The van der Waals surface area contributed by atoms with E-state index in [2.05, 4.69) is 50.8 Å². The first kappa shape index (κ1) is 16.5. The Hall–Kier alpha value is -0.860. The van der Waals surface area contributed by atoms with Crippen molar-refractivity contribution in [3.63, 3.8) is 0 Å². The van der Waals surface area contributed by atoms with Gasteiger partial charge in [-0.3, -0.25) is 4.90 Å². The molecule has 118 valence electrons. The van der Waals surface area contributed by atoms with Gasteiger partial charge < -0.3 is 5.73 Å². The van der Waals surface area contributed by atoms with E-state index in [9.17, 15) is 0 Å². The standard InChI is InChI=1S/C19H32N2/c1-5-19(6-2)10-12-21(13-11-19)17(14-20)18-15(3)8-7-9-16(18)4/h7-9,17H,5-6,10-14,20H2,1-4H3. The van der Waals surface area contributed by atoms with Crippen LogP contribution in [0.5, 0.6) is 0 Å². The molecular formula is C19H32N2. The quantitative estimate of drug-likeness (QED) is 0.879. The molecule has 0 aromatic heterocycles. The molecule has 1 fully saturated rings. The van der Waals surface area contributed by atoms with Crippen LogP contribution in [0.2, 0.25) is 0 Å². The van der Waals surface area contributed by atoms with E-state index in [1.807, 2.05) is 0 Å². The molecule has 0 bridgehead atoms. The molecule has 1 aliphatic rings. The molecule has 0 radical (unpaired) electrons. The SMILES string of the molecule is CCC1(CC)CCN(C(CN)c2c(C)cccc2C)CC1. The molecule has 2 nitrogen and oxygen atoms in total. The third kappa shape index (κ3) is 3.32. The summed E-state index contributed by atoms with van der Waals surface area (Å²) < 4.78 is 0. The molecule has 2 N–H and O–H groups in total. The normalized spacial score (nSPS) is 20.4. The lowest BCUT2D eigenvalue weighted by Crippen LogP contribution is -2.44. The molecule has 0 aliphatic carbocycles. The number of rotatable bonds is 5. The largest absolute Gasteiger partial charge is 0.329 e. The summed E-state index contributed by atoms with van der Waals surface area (Å²) in [5.41, 5.74) is 11.0. The van der Waals surface area contributed by atoms with Crippen molar-refractivity contribution in [2.45, 2.75) is 59.4 Å². The highest BCUT2D eigenvalue weighted by Gasteiger charge is 2.34. The predicted molar refractivity (Wildman–Crippen MR) is 91.5 cm³/mol. The summed E-state index contributed by atoms with van der Waals surface area (Å²) in [7, 11) is 0. The third-order valence-electron chi connectivity index (χ3n) is 5.90. The van der Waals surface area contributed by atoms with E-state index < -0.39 is 0 Å². The van der Waals surface area contributed by atoms with Gasteiger partial charge in [0.1, 0.15) is 0 Å². The maximum atomic E-state index is 6.16. The third-order valence-corrected chi connectivity index (χ3v) is 5.90. The summed E-state index contributed by atoms with van der Waals surface area (Å²) in [6.07, 6.45) is 5.27. The van der Waals surface area contributed by atoms with Gasteiger partial charge in [0, 0.05) is 12.6 Å². The second-order valence-electron chi connectivity index (χ2n) is 6.80. The number of benzene rings is 1. The van der Waals surface area contributed by atoms with E-state index in [0.717, 1.165) is 6.54 Å². The Morgan fingerprint density at radius 3 is 2.05 bits per heavy atom. The van der Waals surface area contributed by atoms with Gasteiger partial charge in [-0.15, -0.1) is 0 Å². The lowest BCUT2D eigenvalue weighted by Gasteiger charge is -2.44. The summed E-state index contributed by atoms with van der Waals surface area (Å²) in [6, 6.07) is 6.98. The summed E-state index contributed by atoms with van der Waals surface area (Å²) in [4.78, 5) is 2.62. The van der Waals surface area contributed by atoms with Crippen molar-refractivity contribution in [2.75, 3.05) is 19.6 Å². The first-order valence-corrected chi connectivity index (χ1v) is 8.57. The van der Waals surface area contributed by atoms with Crippen LogP contribution in [0, 0.1) is 19.3 Å². The van der Waals surface area contributed by atoms with Crippen LogP contribution in [0.15, 0.2) is 18.2 Å². The Kier molecular flexibility index (Phi) is 5.45. The number of hydrogen-bond donors (Lipinski definition) is 1. The van der Waals surface area contributed by atoms with Gasteiger partial charge in [-0.1, -0.05) is 44.9 Å².